The standard InChI is InChI=1S/C20H20FN3O/c21-15-7-8-19-17(10-15)18(12-23-19)13-3-5-14(6-4-13)20(25)24-16-2-1-9-22-11-16/h3-8,10,12,16,22-23H,1-2,9,11H2,(H,24,25)/t16-/m0/s1. The average Bonchev–Trinajstić information content (AvgIpc) is 3.05. The summed E-state index contributed by atoms with van der Waals surface area (Å²) in [5, 5.41) is 7.20. The molecule has 2 aromatic carbocycles. The number of piperidine rings is 1. The van der Waals surface area contributed by atoms with Crippen LogP contribution in [0.2, 0.25) is 0 Å². The van der Waals surface area contributed by atoms with Gasteiger partial charge in [0.2, 0.25) is 0 Å². The van der Waals surface area contributed by atoms with Gasteiger partial charge in [0.25, 0.3) is 5.91 Å². The third-order valence-electron chi connectivity index (χ3n) is 4.73. The first-order valence-electron chi connectivity index (χ1n) is 8.59. The van der Waals surface area contributed by atoms with Gasteiger partial charge in [-0.05, 0) is 55.3 Å². The van der Waals surface area contributed by atoms with Gasteiger partial charge in [-0.25, -0.2) is 4.39 Å². The highest BCUT2D eigenvalue weighted by Crippen LogP contribution is 2.29. The fraction of sp³-hybridized carbons (Fsp3) is 0.250. The van der Waals surface area contributed by atoms with Crippen LogP contribution in [0.25, 0.3) is 22.0 Å². The largest absolute Gasteiger partial charge is 0.361 e. The fourth-order valence-corrected chi connectivity index (χ4v) is 3.38. The molecule has 0 unspecified atom stereocenters. The highest BCUT2D eigenvalue weighted by molar-refractivity contribution is 5.97. The van der Waals surface area contributed by atoms with Gasteiger partial charge in [-0.1, -0.05) is 12.1 Å². The molecule has 4 nitrogen and oxygen atoms in total. The Morgan fingerprint density at radius 3 is 2.76 bits per heavy atom. The second-order valence-corrected chi connectivity index (χ2v) is 6.49. The van der Waals surface area contributed by atoms with Crippen molar-refractivity contribution in [2.24, 2.45) is 0 Å². The van der Waals surface area contributed by atoms with Crippen molar-refractivity contribution in [3.8, 4) is 11.1 Å². The first-order valence-corrected chi connectivity index (χ1v) is 8.59. The van der Waals surface area contributed by atoms with Gasteiger partial charge in [0.1, 0.15) is 5.82 Å². The molecule has 4 rings (SSSR count). The quantitative estimate of drug-likeness (QED) is 0.685. The van der Waals surface area contributed by atoms with Crippen molar-refractivity contribution in [3.63, 3.8) is 0 Å². The number of carbonyl (C=O) groups is 1. The van der Waals surface area contributed by atoms with Crippen molar-refractivity contribution in [2.75, 3.05) is 13.1 Å². The van der Waals surface area contributed by atoms with E-state index in [4.69, 9.17) is 0 Å². The van der Waals surface area contributed by atoms with E-state index in [9.17, 15) is 9.18 Å². The summed E-state index contributed by atoms with van der Waals surface area (Å²) in [7, 11) is 0. The minimum atomic E-state index is -0.259. The summed E-state index contributed by atoms with van der Waals surface area (Å²) in [6, 6.07) is 12.3. The van der Waals surface area contributed by atoms with E-state index in [1.807, 2.05) is 30.5 Å². The molecule has 1 fully saturated rings. The van der Waals surface area contributed by atoms with E-state index in [0.29, 0.717) is 5.56 Å². The number of fused-ring (bicyclic) bond motifs is 1. The Bertz CT molecular complexity index is 895. The number of aromatic amines is 1. The number of nitrogens with one attached hydrogen (secondary N) is 3. The van der Waals surface area contributed by atoms with E-state index >= 15 is 0 Å². The van der Waals surface area contributed by atoms with Crippen molar-refractivity contribution >= 4 is 16.8 Å². The lowest BCUT2D eigenvalue weighted by molar-refractivity contribution is 0.0930. The van der Waals surface area contributed by atoms with Crippen LogP contribution in [0.4, 0.5) is 4.39 Å². The molecule has 2 heterocycles. The molecule has 1 aliphatic heterocycles. The summed E-state index contributed by atoms with van der Waals surface area (Å²) in [5.74, 6) is -0.310. The first kappa shape index (κ1) is 15.8. The number of hydrogen-bond acceptors (Lipinski definition) is 2. The minimum absolute atomic E-state index is 0.0507. The first-order chi connectivity index (χ1) is 12.2. The van der Waals surface area contributed by atoms with Crippen molar-refractivity contribution < 1.29 is 9.18 Å². The molecule has 128 valence electrons. The van der Waals surface area contributed by atoms with Gasteiger partial charge in [0.15, 0.2) is 0 Å². The molecule has 0 radical (unpaired) electrons. The van der Waals surface area contributed by atoms with Gasteiger partial charge in [-0.2, -0.15) is 0 Å². The number of hydrogen-bond donors (Lipinski definition) is 3. The van der Waals surface area contributed by atoms with Crippen LogP contribution in [0.3, 0.4) is 0 Å². The van der Waals surface area contributed by atoms with Crippen LogP contribution < -0.4 is 10.6 Å². The van der Waals surface area contributed by atoms with E-state index in [1.165, 1.54) is 12.1 Å². The Hall–Kier alpha value is -2.66. The predicted octanol–water partition coefficient (Wildman–Crippen LogP) is 3.46. The zero-order valence-corrected chi connectivity index (χ0v) is 13.8. The maximum absolute atomic E-state index is 13.5. The topological polar surface area (TPSA) is 56.9 Å². The summed E-state index contributed by atoms with van der Waals surface area (Å²) in [4.78, 5) is 15.5. The molecule has 0 spiro atoms. The molecule has 0 aliphatic carbocycles. The van der Waals surface area contributed by atoms with Crippen molar-refractivity contribution in [2.45, 2.75) is 18.9 Å². The van der Waals surface area contributed by atoms with Crippen LogP contribution in [0.15, 0.2) is 48.7 Å². The third-order valence-corrected chi connectivity index (χ3v) is 4.73. The van der Waals surface area contributed by atoms with E-state index in [-0.39, 0.29) is 17.8 Å². The highest BCUT2D eigenvalue weighted by Gasteiger charge is 2.16. The van der Waals surface area contributed by atoms with Crippen molar-refractivity contribution in [1.82, 2.24) is 15.6 Å². The van der Waals surface area contributed by atoms with Crippen LogP contribution in [-0.4, -0.2) is 30.0 Å². The Labute approximate surface area is 145 Å². The number of halogens is 1. The fourth-order valence-electron chi connectivity index (χ4n) is 3.38. The van der Waals surface area contributed by atoms with Crippen LogP contribution in [-0.2, 0) is 0 Å². The van der Waals surface area contributed by atoms with E-state index in [0.717, 1.165) is 48.0 Å². The molecule has 3 aromatic rings. The van der Waals surface area contributed by atoms with Gasteiger partial charge < -0.3 is 15.6 Å². The number of benzene rings is 2. The van der Waals surface area contributed by atoms with Crippen LogP contribution in [0, 0.1) is 5.82 Å². The molecule has 5 heteroatoms. The Morgan fingerprint density at radius 1 is 1.16 bits per heavy atom. The second-order valence-electron chi connectivity index (χ2n) is 6.49. The lowest BCUT2D eigenvalue weighted by atomic mass is 10.0. The lowest BCUT2D eigenvalue weighted by Crippen LogP contribution is -2.45. The molecule has 1 aliphatic rings. The van der Waals surface area contributed by atoms with E-state index < -0.39 is 0 Å². The van der Waals surface area contributed by atoms with Crippen molar-refractivity contribution in [1.29, 1.82) is 0 Å². The molecule has 3 N–H and O–H groups in total. The smallest absolute Gasteiger partial charge is 0.251 e. The highest BCUT2D eigenvalue weighted by atomic mass is 19.1. The van der Waals surface area contributed by atoms with Gasteiger partial charge in [0, 0.05) is 40.8 Å². The van der Waals surface area contributed by atoms with E-state index in [1.54, 1.807) is 6.07 Å². The van der Waals surface area contributed by atoms with Gasteiger partial charge in [0.05, 0.1) is 0 Å². The zero-order chi connectivity index (χ0) is 17.2. The maximum Gasteiger partial charge on any atom is 0.251 e. The Kier molecular flexibility index (Phi) is 4.24. The molecule has 0 bridgehead atoms. The zero-order valence-electron chi connectivity index (χ0n) is 13.8. The van der Waals surface area contributed by atoms with Crippen molar-refractivity contribution in [3.05, 3.63) is 60.0 Å². The molecule has 1 saturated heterocycles. The number of H-pyrrole nitrogens is 1. The van der Waals surface area contributed by atoms with Gasteiger partial charge in [-0.15, -0.1) is 0 Å². The molecule has 1 amide bonds. The monoisotopic (exact) mass is 337 g/mol. The summed E-state index contributed by atoms with van der Waals surface area (Å²) >= 11 is 0. The third kappa shape index (κ3) is 3.28. The van der Waals surface area contributed by atoms with Crippen LogP contribution in [0.1, 0.15) is 23.2 Å². The second kappa shape index (κ2) is 6.69. The van der Waals surface area contributed by atoms with E-state index in [2.05, 4.69) is 15.6 Å². The maximum atomic E-state index is 13.5. The molecule has 0 saturated carbocycles. The summed E-state index contributed by atoms with van der Waals surface area (Å²) < 4.78 is 13.5. The summed E-state index contributed by atoms with van der Waals surface area (Å²) in [6.07, 6.45) is 3.96. The van der Waals surface area contributed by atoms with Gasteiger partial charge in [-0.3, -0.25) is 4.79 Å². The minimum Gasteiger partial charge on any atom is -0.361 e. The molecular weight excluding hydrogens is 317 g/mol. The van der Waals surface area contributed by atoms with Gasteiger partial charge >= 0.3 is 0 Å². The molecular formula is C20H20FN3O. The summed E-state index contributed by atoms with van der Waals surface area (Å²) in [6.45, 7) is 1.84. The SMILES string of the molecule is O=C(N[C@H]1CCCNC1)c1ccc(-c2c[nH]c3ccc(F)cc23)cc1. The lowest BCUT2D eigenvalue weighted by Gasteiger charge is -2.23. The molecule has 1 aromatic heterocycles. The Balaban J connectivity index is 1.54. The predicted molar refractivity (Wildman–Crippen MR) is 97.1 cm³/mol. The van der Waals surface area contributed by atoms with Crippen LogP contribution in [0.5, 0.6) is 0 Å². The number of carbonyl (C=O) groups excluding carboxylic acids is 1. The summed E-state index contributed by atoms with van der Waals surface area (Å²) in [5.41, 5.74) is 3.41. The molecule has 1 atom stereocenters. The average molecular weight is 337 g/mol. The number of aromatic nitrogens is 1. The Morgan fingerprint density at radius 2 is 2.00 bits per heavy atom. The normalized spacial score (nSPS) is 17.6. The molecule has 25 heavy (non-hydrogen) atoms. The number of rotatable bonds is 3. The van der Waals surface area contributed by atoms with Crippen LogP contribution >= 0.6 is 0 Å². The number of amides is 1.